The van der Waals surface area contributed by atoms with Crippen LogP contribution in [0.1, 0.15) is 11.3 Å². The van der Waals surface area contributed by atoms with E-state index in [1.807, 2.05) is 18.2 Å². The Bertz CT molecular complexity index is 1120. The molecule has 0 spiro atoms. The molecule has 1 aromatic carbocycles. The second kappa shape index (κ2) is 7.11. The van der Waals surface area contributed by atoms with E-state index in [2.05, 4.69) is 43.0 Å². The monoisotopic (exact) mass is 391 g/mol. The maximum absolute atomic E-state index is 12.2. The number of piperazine rings is 1. The molecule has 4 heterocycles. The Balaban J connectivity index is 1.32. The Morgan fingerprint density at radius 3 is 2.55 bits per heavy atom. The average Bonchev–Trinajstić information content (AvgIpc) is 2.76. The van der Waals surface area contributed by atoms with E-state index in [0.29, 0.717) is 5.39 Å². The van der Waals surface area contributed by atoms with Crippen molar-refractivity contribution in [2.24, 2.45) is 7.05 Å². The van der Waals surface area contributed by atoms with Gasteiger partial charge >= 0.3 is 0 Å². The number of fused-ring (bicyclic) bond motifs is 2. The van der Waals surface area contributed by atoms with Gasteiger partial charge in [0, 0.05) is 58.4 Å². The minimum atomic E-state index is -0.0111. The molecule has 1 fully saturated rings. The van der Waals surface area contributed by atoms with Crippen molar-refractivity contribution in [3.8, 4) is 0 Å². The summed E-state index contributed by atoms with van der Waals surface area (Å²) in [5.74, 6) is 0.974. The maximum Gasteiger partial charge on any atom is 0.260 e. The molecule has 0 bridgehead atoms. The molecule has 29 heavy (non-hydrogen) atoms. The quantitative estimate of drug-likeness (QED) is 0.646. The number of nitrogens with zero attached hydrogens (tertiary/aromatic N) is 7. The van der Waals surface area contributed by atoms with Gasteiger partial charge < -0.3 is 19.3 Å². The van der Waals surface area contributed by atoms with Crippen molar-refractivity contribution >= 4 is 22.4 Å². The smallest absolute Gasteiger partial charge is 0.260 e. The van der Waals surface area contributed by atoms with Crippen LogP contribution >= 0.6 is 0 Å². The van der Waals surface area contributed by atoms with E-state index < -0.39 is 0 Å². The molecule has 5 rings (SSSR count). The third-order valence-corrected chi connectivity index (χ3v) is 5.99. The van der Waals surface area contributed by atoms with Crippen molar-refractivity contribution in [1.29, 1.82) is 0 Å². The summed E-state index contributed by atoms with van der Waals surface area (Å²) in [5, 5.41) is 9.63. The minimum absolute atomic E-state index is 0.0111. The first-order valence-corrected chi connectivity index (χ1v) is 10.1. The Kier molecular flexibility index (Phi) is 4.43. The first kappa shape index (κ1) is 18.1. The van der Waals surface area contributed by atoms with Crippen LogP contribution in [0.15, 0.2) is 35.4 Å². The van der Waals surface area contributed by atoms with E-state index in [1.165, 1.54) is 10.1 Å². The molecular weight excluding hydrogens is 366 g/mol. The zero-order chi connectivity index (χ0) is 20.0. The topological polar surface area (TPSA) is 70.4 Å². The highest BCUT2D eigenvalue weighted by molar-refractivity contribution is 5.81. The van der Waals surface area contributed by atoms with E-state index in [1.54, 1.807) is 13.4 Å². The second-order valence-corrected chi connectivity index (χ2v) is 8.00. The van der Waals surface area contributed by atoms with Crippen molar-refractivity contribution in [3.05, 3.63) is 52.2 Å². The van der Waals surface area contributed by atoms with Gasteiger partial charge in [0.1, 0.15) is 0 Å². The molecule has 0 saturated carbocycles. The van der Waals surface area contributed by atoms with E-state index in [9.17, 15) is 4.79 Å². The molecule has 150 valence electrons. The van der Waals surface area contributed by atoms with E-state index in [0.717, 1.165) is 68.4 Å². The third-order valence-electron chi connectivity index (χ3n) is 5.99. The molecule has 0 radical (unpaired) electrons. The van der Waals surface area contributed by atoms with Crippen LogP contribution in [0.4, 0.5) is 11.5 Å². The van der Waals surface area contributed by atoms with Gasteiger partial charge in [-0.1, -0.05) is 0 Å². The van der Waals surface area contributed by atoms with Crippen LogP contribution in [0.5, 0.6) is 0 Å². The number of hydrogen-bond donors (Lipinski definition) is 0. The van der Waals surface area contributed by atoms with E-state index in [-0.39, 0.29) is 5.56 Å². The number of rotatable bonds is 2. The first-order chi connectivity index (χ1) is 14.1. The molecule has 3 aromatic rings. The molecule has 8 nitrogen and oxygen atoms in total. The SMILES string of the molecule is CN1CCc2nnc(N3CCN(c4ccc5c(=O)n(C)cnc5c4)CC3)cc2C1. The lowest BCUT2D eigenvalue weighted by Crippen LogP contribution is -2.47. The average molecular weight is 391 g/mol. The minimum Gasteiger partial charge on any atom is -0.368 e. The van der Waals surface area contributed by atoms with Gasteiger partial charge in [-0.25, -0.2) is 4.98 Å². The number of likely N-dealkylation sites (N-methyl/N-ethyl adjacent to an activating group) is 1. The Labute approximate surface area is 169 Å². The number of hydrogen-bond acceptors (Lipinski definition) is 7. The highest BCUT2D eigenvalue weighted by Gasteiger charge is 2.22. The summed E-state index contributed by atoms with van der Waals surface area (Å²) in [5.41, 5.74) is 4.28. The van der Waals surface area contributed by atoms with Gasteiger partial charge in [-0.2, -0.15) is 5.10 Å². The largest absolute Gasteiger partial charge is 0.368 e. The Morgan fingerprint density at radius 2 is 1.72 bits per heavy atom. The normalized spacial score (nSPS) is 17.6. The molecule has 2 aromatic heterocycles. The Morgan fingerprint density at radius 1 is 0.931 bits per heavy atom. The number of benzene rings is 1. The van der Waals surface area contributed by atoms with Crippen molar-refractivity contribution in [2.45, 2.75) is 13.0 Å². The molecule has 0 aliphatic carbocycles. The van der Waals surface area contributed by atoms with Crippen LogP contribution in [0, 0.1) is 0 Å². The van der Waals surface area contributed by atoms with Crippen molar-refractivity contribution in [3.63, 3.8) is 0 Å². The summed E-state index contributed by atoms with van der Waals surface area (Å²) < 4.78 is 1.51. The molecule has 0 amide bonds. The fraction of sp³-hybridized carbons (Fsp3) is 0.429. The fourth-order valence-electron chi connectivity index (χ4n) is 4.20. The summed E-state index contributed by atoms with van der Waals surface area (Å²) in [7, 11) is 3.87. The number of aromatic nitrogens is 4. The Hall–Kier alpha value is -3.00. The van der Waals surface area contributed by atoms with Crippen molar-refractivity contribution < 1.29 is 0 Å². The molecule has 8 heteroatoms. The van der Waals surface area contributed by atoms with Gasteiger partial charge in [0.15, 0.2) is 5.82 Å². The first-order valence-electron chi connectivity index (χ1n) is 10.1. The predicted molar refractivity (Wildman–Crippen MR) is 113 cm³/mol. The van der Waals surface area contributed by atoms with Crippen LogP contribution in [0.25, 0.3) is 10.9 Å². The van der Waals surface area contributed by atoms with E-state index >= 15 is 0 Å². The second-order valence-electron chi connectivity index (χ2n) is 8.00. The van der Waals surface area contributed by atoms with Crippen molar-refractivity contribution in [1.82, 2.24) is 24.6 Å². The van der Waals surface area contributed by atoms with Crippen LogP contribution in [-0.2, 0) is 20.0 Å². The van der Waals surface area contributed by atoms with Gasteiger partial charge in [0.05, 0.1) is 22.9 Å². The zero-order valence-corrected chi connectivity index (χ0v) is 16.9. The zero-order valence-electron chi connectivity index (χ0n) is 16.9. The summed E-state index contributed by atoms with van der Waals surface area (Å²) >= 11 is 0. The van der Waals surface area contributed by atoms with Gasteiger partial charge in [0.2, 0.25) is 0 Å². The lowest BCUT2D eigenvalue weighted by molar-refractivity contribution is 0.308. The molecule has 2 aliphatic rings. The van der Waals surface area contributed by atoms with Gasteiger partial charge in [-0.3, -0.25) is 4.79 Å². The third kappa shape index (κ3) is 3.33. The summed E-state index contributed by atoms with van der Waals surface area (Å²) in [6.07, 6.45) is 2.56. The molecule has 2 aliphatic heterocycles. The van der Waals surface area contributed by atoms with Crippen LogP contribution in [-0.4, -0.2) is 64.4 Å². The summed E-state index contributed by atoms with van der Waals surface area (Å²) in [6, 6.07) is 8.14. The molecule has 1 saturated heterocycles. The molecule has 0 unspecified atom stereocenters. The number of aryl methyl sites for hydroxylation is 1. The van der Waals surface area contributed by atoms with Gasteiger partial charge in [-0.05, 0) is 36.9 Å². The van der Waals surface area contributed by atoms with E-state index in [4.69, 9.17) is 0 Å². The van der Waals surface area contributed by atoms with Crippen LogP contribution < -0.4 is 15.4 Å². The summed E-state index contributed by atoms with van der Waals surface area (Å²) in [4.78, 5) is 23.6. The lowest BCUT2D eigenvalue weighted by atomic mass is 10.1. The molecule has 0 atom stereocenters. The maximum atomic E-state index is 12.2. The predicted octanol–water partition coefficient (Wildman–Crippen LogP) is 1.04. The molecule has 0 N–H and O–H groups in total. The summed E-state index contributed by atoms with van der Waals surface area (Å²) in [6.45, 7) is 5.58. The standard InChI is InChI=1S/C21H25N7O/c1-25-6-5-18-15(13-25)11-20(24-23-18)28-9-7-27(8-10-28)16-3-4-17-19(12-16)22-14-26(2)21(17)29/h3-4,11-12,14H,5-10,13H2,1-2H3. The van der Waals surface area contributed by atoms with Crippen molar-refractivity contribution in [2.75, 3.05) is 49.6 Å². The van der Waals surface area contributed by atoms with Crippen LogP contribution in [0.2, 0.25) is 0 Å². The van der Waals surface area contributed by atoms with Gasteiger partial charge in [-0.15, -0.1) is 5.10 Å². The lowest BCUT2D eigenvalue weighted by Gasteiger charge is -2.37. The fourth-order valence-corrected chi connectivity index (χ4v) is 4.20. The van der Waals surface area contributed by atoms with Crippen LogP contribution in [0.3, 0.4) is 0 Å². The molecular formula is C21H25N7O. The van der Waals surface area contributed by atoms with Gasteiger partial charge in [0.25, 0.3) is 5.56 Å². The highest BCUT2D eigenvalue weighted by Crippen LogP contribution is 2.24. The number of anilines is 2. The highest BCUT2D eigenvalue weighted by atomic mass is 16.1.